The van der Waals surface area contributed by atoms with Gasteiger partial charge in [0.15, 0.2) is 0 Å². The molecule has 1 rings (SSSR count). The Bertz CT molecular complexity index is 582. The topological polar surface area (TPSA) is 52.6 Å². The van der Waals surface area contributed by atoms with Gasteiger partial charge in [0.2, 0.25) is 0 Å². The molecule has 0 aliphatic carbocycles. The summed E-state index contributed by atoms with van der Waals surface area (Å²) in [6, 6.07) is 9.76. The van der Waals surface area contributed by atoms with E-state index in [1.807, 2.05) is 36.4 Å². The second-order valence-corrected chi connectivity index (χ2v) is 4.67. The Balaban J connectivity index is 2.35. The van der Waals surface area contributed by atoms with E-state index in [0.29, 0.717) is 11.1 Å². The van der Waals surface area contributed by atoms with Gasteiger partial charge in [0.05, 0.1) is 0 Å². The van der Waals surface area contributed by atoms with E-state index in [2.05, 4.69) is 6.58 Å². The number of carbonyl (C=O) groups excluding carboxylic acids is 2. The van der Waals surface area contributed by atoms with E-state index >= 15 is 0 Å². The quantitative estimate of drug-likeness (QED) is 0.335. The number of benzene rings is 1. The summed E-state index contributed by atoms with van der Waals surface area (Å²) in [6.45, 7) is 6.71. The number of carbonyl (C=O) groups is 2. The maximum atomic E-state index is 11.7. The molecule has 0 amide bonds. The first kappa shape index (κ1) is 17.4. The predicted octanol–water partition coefficient (Wildman–Crippen LogP) is 3.31. The van der Waals surface area contributed by atoms with Crippen LogP contribution >= 0.6 is 0 Å². The lowest BCUT2D eigenvalue weighted by Gasteiger charge is -2.06. The first-order valence-corrected chi connectivity index (χ1v) is 6.90. The summed E-state index contributed by atoms with van der Waals surface area (Å²) in [5, 5.41) is 0. The SMILES string of the molecule is C=C(C)C(=O)OCCOC(=O)C(C)=CC=Cc1ccccc1. The number of rotatable bonds is 7. The molecular formula is C18H20O4. The highest BCUT2D eigenvalue weighted by Crippen LogP contribution is 2.03. The van der Waals surface area contributed by atoms with Gasteiger partial charge < -0.3 is 9.47 Å². The van der Waals surface area contributed by atoms with Crippen LogP contribution in [-0.4, -0.2) is 25.2 Å². The minimum Gasteiger partial charge on any atom is -0.459 e. The normalized spacial score (nSPS) is 11.3. The number of esters is 2. The minimum absolute atomic E-state index is 0.0184. The molecule has 0 aromatic heterocycles. The molecule has 0 spiro atoms. The van der Waals surface area contributed by atoms with Crippen molar-refractivity contribution in [3.05, 3.63) is 65.8 Å². The van der Waals surface area contributed by atoms with Gasteiger partial charge in [0.25, 0.3) is 0 Å². The van der Waals surface area contributed by atoms with Crippen LogP contribution in [0.4, 0.5) is 0 Å². The molecule has 4 nitrogen and oxygen atoms in total. The summed E-state index contributed by atoms with van der Waals surface area (Å²) in [5.41, 5.74) is 1.83. The molecule has 1 aromatic carbocycles. The van der Waals surface area contributed by atoms with Crippen LogP contribution in [0.2, 0.25) is 0 Å². The minimum atomic E-state index is -0.492. The van der Waals surface area contributed by atoms with Gasteiger partial charge in [-0.15, -0.1) is 0 Å². The van der Waals surface area contributed by atoms with Gasteiger partial charge in [-0.1, -0.05) is 55.1 Å². The molecule has 0 N–H and O–H groups in total. The first-order valence-electron chi connectivity index (χ1n) is 6.90. The van der Waals surface area contributed by atoms with E-state index in [1.165, 1.54) is 0 Å². The Morgan fingerprint density at radius 3 is 2.23 bits per heavy atom. The van der Waals surface area contributed by atoms with Gasteiger partial charge in [0, 0.05) is 11.1 Å². The van der Waals surface area contributed by atoms with E-state index in [0.717, 1.165) is 5.56 Å². The zero-order chi connectivity index (χ0) is 16.4. The van der Waals surface area contributed by atoms with E-state index in [1.54, 1.807) is 26.0 Å². The Labute approximate surface area is 130 Å². The van der Waals surface area contributed by atoms with Crippen molar-refractivity contribution in [1.29, 1.82) is 0 Å². The number of hydrogen-bond donors (Lipinski definition) is 0. The second kappa shape index (κ2) is 9.34. The second-order valence-electron chi connectivity index (χ2n) is 4.67. The molecule has 0 saturated heterocycles. The van der Waals surface area contributed by atoms with Crippen molar-refractivity contribution < 1.29 is 19.1 Å². The van der Waals surface area contributed by atoms with Crippen LogP contribution in [0.3, 0.4) is 0 Å². The highest BCUT2D eigenvalue weighted by atomic mass is 16.6. The van der Waals surface area contributed by atoms with Gasteiger partial charge >= 0.3 is 11.9 Å². The summed E-state index contributed by atoms with van der Waals surface area (Å²) < 4.78 is 9.81. The first-order chi connectivity index (χ1) is 10.5. The third-order valence-corrected chi connectivity index (χ3v) is 2.65. The third-order valence-electron chi connectivity index (χ3n) is 2.65. The van der Waals surface area contributed by atoms with Crippen LogP contribution in [0.25, 0.3) is 6.08 Å². The zero-order valence-corrected chi connectivity index (χ0v) is 12.9. The molecule has 0 saturated carbocycles. The molecule has 4 heteroatoms. The molecule has 0 aliphatic rings. The van der Waals surface area contributed by atoms with Gasteiger partial charge in [-0.25, -0.2) is 9.59 Å². The summed E-state index contributed by atoms with van der Waals surface area (Å²) in [6.07, 6.45) is 5.35. The molecule has 1 aromatic rings. The summed E-state index contributed by atoms with van der Waals surface area (Å²) >= 11 is 0. The molecule has 0 fully saturated rings. The molecule has 22 heavy (non-hydrogen) atoms. The molecular weight excluding hydrogens is 280 g/mol. The molecule has 116 valence electrons. The van der Waals surface area contributed by atoms with Crippen molar-refractivity contribution in [3.63, 3.8) is 0 Å². The standard InChI is InChI=1S/C18H20O4/c1-14(2)17(19)21-12-13-22-18(20)15(3)8-7-11-16-9-5-4-6-10-16/h4-11H,1,12-13H2,2-3H3. The molecule has 0 radical (unpaired) electrons. The molecule has 0 atom stereocenters. The summed E-state index contributed by atoms with van der Waals surface area (Å²) in [4.78, 5) is 22.8. The lowest BCUT2D eigenvalue weighted by atomic mass is 10.2. The highest BCUT2D eigenvalue weighted by molar-refractivity contribution is 5.88. The zero-order valence-electron chi connectivity index (χ0n) is 12.9. The van der Waals surface area contributed by atoms with Crippen LogP contribution < -0.4 is 0 Å². The Morgan fingerprint density at radius 1 is 1.05 bits per heavy atom. The van der Waals surface area contributed by atoms with Crippen molar-refractivity contribution in [1.82, 2.24) is 0 Å². The van der Waals surface area contributed by atoms with E-state index in [9.17, 15) is 9.59 Å². The Hall–Kier alpha value is -2.62. The fourth-order valence-electron chi connectivity index (χ4n) is 1.44. The number of ether oxygens (including phenoxy) is 2. The lowest BCUT2D eigenvalue weighted by Crippen LogP contribution is -2.14. The molecule has 0 aliphatic heterocycles. The maximum Gasteiger partial charge on any atom is 0.333 e. The maximum absolute atomic E-state index is 11.7. The Kier molecular flexibility index (Phi) is 7.40. The largest absolute Gasteiger partial charge is 0.459 e. The summed E-state index contributed by atoms with van der Waals surface area (Å²) in [5.74, 6) is -0.932. The fraction of sp³-hybridized carbons (Fsp3) is 0.222. The van der Waals surface area contributed by atoms with Crippen LogP contribution in [0.15, 0.2) is 60.2 Å². The van der Waals surface area contributed by atoms with Crippen LogP contribution in [0.1, 0.15) is 19.4 Å². The van der Waals surface area contributed by atoms with E-state index in [4.69, 9.17) is 9.47 Å². The van der Waals surface area contributed by atoms with Crippen LogP contribution in [-0.2, 0) is 19.1 Å². The van der Waals surface area contributed by atoms with E-state index < -0.39 is 11.9 Å². The fourth-order valence-corrected chi connectivity index (χ4v) is 1.44. The number of hydrogen-bond acceptors (Lipinski definition) is 4. The van der Waals surface area contributed by atoms with Crippen molar-refractivity contribution >= 4 is 18.0 Å². The average Bonchev–Trinajstić information content (AvgIpc) is 2.51. The van der Waals surface area contributed by atoms with Gasteiger partial charge in [0.1, 0.15) is 13.2 Å². The highest BCUT2D eigenvalue weighted by Gasteiger charge is 2.06. The molecule has 0 unspecified atom stereocenters. The van der Waals surface area contributed by atoms with Crippen LogP contribution in [0.5, 0.6) is 0 Å². The van der Waals surface area contributed by atoms with Crippen LogP contribution in [0, 0.1) is 0 Å². The van der Waals surface area contributed by atoms with Gasteiger partial charge in [-0.05, 0) is 19.4 Å². The van der Waals surface area contributed by atoms with Gasteiger partial charge in [-0.2, -0.15) is 0 Å². The Morgan fingerprint density at radius 2 is 1.64 bits per heavy atom. The number of allylic oxidation sites excluding steroid dienone is 2. The van der Waals surface area contributed by atoms with Crippen molar-refractivity contribution in [3.8, 4) is 0 Å². The van der Waals surface area contributed by atoms with Crippen molar-refractivity contribution in [2.75, 3.05) is 13.2 Å². The monoisotopic (exact) mass is 300 g/mol. The third kappa shape index (κ3) is 6.70. The van der Waals surface area contributed by atoms with E-state index in [-0.39, 0.29) is 13.2 Å². The molecule has 0 heterocycles. The molecule has 0 bridgehead atoms. The van der Waals surface area contributed by atoms with Crippen molar-refractivity contribution in [2.24, 2.45) is 0 Å². The lowest BCUT2D eigenvalue weighted by molar-refractivity contribution is -0.147. The average molecular weight is 300 g/mol. The van der Waals surface area contributed by atoms with Crippen molar-refractivity contribution in [2.45, 2.75) is 13.8 Å². The summed E-state index contributed by atoms with van der Waals surface area (Å²) in [7, 11) is 0. The predicted molar refractivity (Wildman–Crippen MR) is 86.0 cm³/mol. The smallest absolute Gasteiger partial charge is 0.333 e. The van der Waals surface area contributed by atoms with Gasteiger partial charge in [-0.3, -0.25) is 0 Å².